The summed E-state index contributed by atoms with van der Waals surface area (Å²) < 4.78 is 10.8. The van der Waals surface area contributed by atoms with Crippen molar-refractivity contribution in [3.63, 3.8) is 0 Å². The van der Waals surface area contributed by atoms with Gasteiger partial charge in [-0.1, -0.05) is 6.92 Å². The highest BCUT2D eigenvalue weighted by atomic mass is 16.5. The fourth-order valence-corrected chi connectivity index (χ4v) is 1.16. The quantitative estimate of drug-likeness (QED) is 0.711. The predicted octanol–water partition coefficient (Wildman–Crippen LogP) is 2.83. The van der Waals surface area contributed by atoms with Crippen LogP contribution in [0.15, 0.2) is 24.3 Å². The molecular weight excluding hydrogens is 204 g/mol. The van der Waals surface area contributed by atoms with Crippen LogP contribution in [0.3, 0.4) is 0 Å². The van der Waals surface area contributed by atoms with Gasteiger partial charge >= 0.3 is 0 Å². The van der Waals surface area contributed by atoms with E-state index in [1.54, 1.807) is 6.92 Å². The number of carbonyl (C=O) groups is 1. The highest BCUT2D eigenvalue weighted by Gasteiger charge is 1.97. The van der Waals surface area contributed by atoms with Crippen LogP contribution in [-0.2, 0) is 4.79 Å². The molecule has 0 bridgehead atoms. The second kappa shape index (κ2) is 6.88. The number of ether oxygens (including phenoxy) is 2. The summed E-state index contributed by atoms with van der Waals surface area (Å²) >= 11 is 0. The highest BCUT2D eigenvalue weighted by molar-refractivity contribution is 5.75. The molecule has 16 heavy (non-hydrogen) atoms. The summed E-state index contributed by atoms with van der Waals surface area (Å²) in [6.45, 7) is 4.79. The van der Waals surface area contributed by atoms with E-state index >= 15 is 0 Å². The fourth-order valence-electron chi connectivity index (χ4n) is 1.16. The van der Waals surface area contributed by atoms with Gasteiger partial charge < -0.3 is 9.47 Å². The van der Waals surface area contributed by atoms with E-state index in [4.69, 9.17) is 9.47 Å². The minimum absolute atomic E-state index is 0.142. The Morgan fingerprint density at radius 3 is 2.00 bits per heavy atom. The zero-order valence-electron chi connectivity index (χ0n) is 9.86. The molecule has 1 aromatic carbocycles. The molecule has 0 unspecified atom stereocenters. The van der Waals surface area contributed by atoms with Gasteiger partial charge in [0, 0.05) is 6.42 Å². The summed E-state index contributed by atoms with van der Waals surface area (Å²) in [5, 5.41) is 0. The number of Topliss-reactive ketones (excluding diaryl/α,β-unsaturated/α-hetero) is 1. The smallest absolute Gasteiger partial charge is 0.133 e. The number of benzene rings is 1. The van der Waals surface area contributed by atoms with E-state index in [0.29, 0.717) is 13.0 Å². The Balaban J connectivity index is 2.36. The van der Waals surface area contributed by atoms with Crippen molar-refractivity contribution in [3.8, 4) is 11.5 Å². The third kappa shape index (κ3) is 4.82. The predicted molar refractivity (Wildman–Crippen MR) is 63.0 cm³/mol. The number of carbonyl (C=O) groups excluding carboxylic acids is 1. The average molecular weight is 222 g/mol. The Morgan fingerprint density at radius 2 is 1.56 bits per heavy atom. The molecule has 0 radical (unpaired) electrons. The lowest BCUT2D eigenvalue weighted by Gasteiger charge is -2.07. The molecule has 0 spiro atoms. The lowest BCUT2D eigenvalue weighted by Crippen LogP contribution is -2.02. The van der Waals surface area contributed by atoms with Crippen molar-refractivity contribution in [1.29, 1.82) is 0 Å². The molecule has 0 atom stereocenters. The Labute approximate surface area is 96.4 Å². The molecule has 0 aromatic heterocycles. The molecule has 0 aliphatic heterocycles. The number of hydrogen-bond acceptors (Lipinski definition) is 3. The maximum absolute atomic E-state index is 10.7. The zero-order chi connectivity index (χ0) is 11.8. The molecule has 0 aliphatic rings. The maximum atomic E-state index is 10.7. The second-order valence-electron chi connectivity index (χ2n) is 3.62. The van der Waals surface area contributed by atoms with E-state index < -0.39 is 0 Å². The van der Waals surface area contributed by atoms with E-state index in [9.17, 15) is 4.79 Å². The third-order valence-corrected chi connectivity index (χ3v) is 2.02. The van der Waals surface area contributed by atoms with Crippen LogP contribution in [0.4, 0.5) is 0 Å². The minimum Gasteiger partial charge on any atom is -0.494 e. The van der Waals surface area contributed by atoms with Crippen LogP contribution in [0.2, 0.25) is 0 Å². The normalized spacial score (nSPS) is 9.88. The van der Waals surface area contributed by atoms with E-state index in [2.05, 4.69) is 6.92 Å². The summed E-state index contributed by atoms with van der Waals surface area (Å²) in [7, 11) is 0. The van der Waals surface area contributed by atoms with E-state index in [1.165, 1.54) is 0 Å². The van der Waals surface area contributed by atoms with Crippen molar-refractivity contribution >= 4 is 5.78 Å². The van der Waals surface area contributed by atoms with Crippen molar-refractivity contribution in [2.75, 3.05) is 13.2 Å². The maximum Gasteiger partial charge on any atom is 0.133 e. The molecule has 0 N–H and O–H groups in total. The van der Waals surface area contributed by atoms with E-state index in [1.807, 2.05) is 24.3 Å². The first-order valence-corrected chi connectivity index (χ1v) is 5.57. The molecule has 0 saturated heterocycles. The van der Waals surface area contributed by atoms with Gasteiger partial charge in [-0.25, -0.2) is 0 Å². The first-order chi connectivity index (χ1) is 7.72. The van der Waals surface area contributed by atoms with Crippen LogP contribution in [0, 0.1) is 0 Å². The highest BCUT2D eigenvalue weighted by Crippen LogP contribution is 2.17. The summed E-state index contributed by atoms with van der Waals surface area (Å²) in [6.07, 6.45) is 1.45. The summed E-state index contributed by atoms with van der Waals surface area (Å²) in [5.74, 6) is 1.76. The van der Waals surface area contributed by atoms with Gasteiger partial charge in [0.15, 0.2) is 0 Å². The molecule has 0 amide bonds. The van der Waals surface area contributed by atoms with Gasteiger partial charge in [-0.15, -0.1) is 0 Å². The van der Waals surface area contributed by atoms with Crippen molar-refractivity contribution in [2.24, 2.45) is 0 Å². The lowest BCUT2D eigenvalue weighted by atomic mass is 10.3. The number of rotatable bonds is 7. The average Bonchev–Trinajstić information content (AvgIpc) is 2.27. The molecule has 1 aromatic rings. The number of hydrogen-bond donors (Lipinski definition) is 0. The molecule has 88 valence electrons. The molecule has 1 rings (SSSR count). The topological polar surface area (TPSA) is 35.5 Å². The summed E-state index contributed by atoms with van der Waals surface area (Å²) in [4.78, 5) is 10.7. The van der Waals surface area contributed by atoms with Crippen LogP contribution >= 0.6 is 0 Å². The fraction of sp³-hybridized carbons (Fsp3) is 0.462. The SMILES string of the molecule is CCCOc1ccc(OCCC(C)=O)cc1. The standard InChI is InChI=1S/C13H18O3/c1-3-9-15-12-4-6-13(7-5-12)16-10-8-11(2)14/h4-7H,3,8-10H2,1-2H3. The van der Waals surface area contributed by atoms with Crippen LogP contribution < -0.4 is 9.47 Å². The lowest BCUT2D eigenvalue weighted by molar-refractivity contribution is -0.117. The molecule has 3 heteroatoms. The summed E-state index contributed by atoms with van der Waals surface area (Å²) in [6, 6.07) is 7.45. The molecule has 0 saturated carbocycles. The van der Waals surface area contributed by atoms with Gasteiger partial charge in [0.05, 0.1) is 13.2 Å². The van der Waals surface area contributed by atoms with Crippen LogP contribution in [0.25, 0.3) is 0 Å². The van der Waals surface area contributed by atoms with Crippen molar-refractivity contribution in [1.82, 2.24) is 0 Å². The van der Waals surface area contributed by atoms with E-state index in [0.717, 1.165) is 24.5 Å². The Hall–Kier alpha value is -1.51. The third-order valence-electron chi connectivity index (χ3n) is 2.02. The Bertz CT molecular complexity index is 316. The van der Waals surface area contributed by atoms with Crippen molar-refractivity contribution in [3.05, 3.63) is 24.3 Å². The minimum atomic E-state index is 0.142. The molecule has 0 heterocycles. The van der Waals surface area contributed by atoms with Gasteiger partial charge in [0.1, 0.15) is 17.3 Å². The Kier molecular flexibility index (Phi) is 5.40. The van der Waals surface area contributed by atoms with Gasteiger partial charge in [0.2, 0.25) is 0 Å². The van der Waals surface area contributed by atoms with Crippen LogP contribution in [0.1, 0.15) is 26.7 Å². The van der Waals surface area contributed by atoms with E-state index in [-0.39, 0.29) is 5.78 Å². The number of ketones is 1. The Morgan fingerprint density at radius 1 is 1.06 bits per heavy atom. The van der Waals surface area contributed by atoms with Gasteiger partial charge in [-0.2, -0.15) is 0 Å². The monoisotopic (exact) mass is 222 g/mol. The van der Waals surface area contributed by atoms with Crippen LogP contribution in [-0.4, -0.2) is 19.0 Å². The second-order valence-corrected chi connectivity index (χ2v) is 3.62. The first-order valence-electron chi connectivity index (χ1n) is 5.57. The molecule has 0 aliphatic carbocycles. The largest absolute Gasteiger partial charge is 0.494 e. The summed E-state index contributed by atoms with van der Waals surface area (Å²) in [5.41, 5.74) is 0. The van der Waals surface area contributed by atoms with Crippen molar-refractivity contribution < 1.29 is 14.3 Å². The van der Waals surface area contributed by atoms with Crippen LogP contribution in [0.5, 0.6) is 11.5 Å². The molecule has 3 nitrogen and oxygen atoms in total. The zero-order valence-corrected chi connectivity index (χ0v) is 9.86. The van der Waals surface area contributed by atoms with Gasteiger partial charge in [-0.05, 0) is 37.6 Å². The van der Waals surface area contributed by atoms with Crippen molar-refractivity contribution in [2.45, 2.75) is 26.7 Å². The van der Waals surface area contributed by atoms with Gasteiger partial charge in [0.25, 0.3) is 0 Å². The van der Waals surface area contributed by atoms with Gasteiger partial charge in [-0.3, -0.25) is 4.79 Å². The molecular formula is C13H18O3. The molecule has 0 fully saturated rings. The first kappa shape index (κ1) is 12.6.